The van der Waals surface area contributed by atoms with Gasteiger partial charge in [0.2, 0.25) is 0 Å². The topological polar surface area (TPSA) is 57.2 Å². The van der Waals surface area contributed by atoms with Gasteiger partial charge in [-0.3, -0.25) is 0 Å². The Hall–Kier alpha value is -0.980. The van der Waals surface area contributed by atoms with Gasteiger partial charge in [0.25, 0.3) is 0 Å². The summed E-state index contributed by atoms with van der Waals surface area (Å²) in [5, 5.41) is 10.6. The van der Waals surface area contributed by atoms with Crippen molar-refractivity contribution in [3.8, 4) is 0 Å². The van der Waals surface area contributed by atoms with Crippen LogP contribution in [0.1, 0.15) is 89.8 Å². The number of aliphatic hydroxyl groups is 1. The van der Waals surface area contributed by atoms with E-state index in [-0.39, 0.29) is 12.2 Å². The van der Waals surface area contributed by atoms with Crippen molar-refractivity contribution in [2.24, 2.45) is 0 Å². The van der Waals surface area contributed by atoms with Crippen LogP contribution in [0.5, 0.6) is 0 Å². The van der Waals surface area contributed by atoms with Crippen molar-refractivity contribution in [1.82, 2.24) is 0 Å². The average Bonchev–Trinajstić information content (AvgIpc) is 3.21. The minimum Gasteiger partial charge on any atom is -0.390 e. The lowest BCUT2D eigenvalue weighted by Gasteiger charge is -2.28. The lowest BCUT2D eigenvalue weighted by atomic mass is 9.96. The molecule has 0 aliphatic carbocycles. The van der Waals surface area contributed by atoms with E-state index in [4.69, 9.17) is 18.9 Å². The summed E-state index contributed by atoms with van der Waals surface area (Å²) in [6.45, 7) is 10.8. The van der Waals surface area contributed by atoms with E-state index in [0.717, 1.165) is 24.8 Å². The van der Waals surface area contributed by atoms with Gasteiger partial charge in [0.05, 0.1) is 12.7 Å². The Balaban J connectivity index is 1.71. The van der Waals surface area contributed by atoms with Gasteiger partial charge in [0, 0.05) is 0 Å². The molecule has 2 saturated heterocycles. The first-order valence-corrected chi connectivity index (χ1v) is 12.3. The van der Waals surface area contributed by atoms with Crippen molar-refractivity contribution in [3.63, 3.8) is 0 Å². The van der Waals surface area contributed by atoms with Gasteiger partial charge in [-0.05, 0) is 62.6 Å². The highest BCUT2D eigenvalue weighted by molar-refractivity contribution is 5.32. The Morgan fingerprint density at radius 1 is 1.00 bits per heavy atom. The number of ether oxygens (including phenoxy) is 4. The quantitative estimate of drug-likeness (QED) is 0.484. The highest BCUT2D eigenvalue weighted by Gasteiger charge is 2.56. The number of aliphatic hydroxyl groups excluding tert-OH is 1. The van der Waals surface area contributed by atoms with Crippen LogP contribution < -0.4 is 0 Å². The molecule has 1 aromatic rings. The number of fused-ring (bicyclic) bond motifs is 1. The highest BCUT2D eigenvalue weighted by Crippen LogP contribution is 2.40. The zero-order chi connectivity index (χ0) is 22.4. The maximum atomic E-state index is 10.6. The maximum Gasteiger partial charge on any atom is 0.190 e. The third kappa shape index (κ3) is 6.29. The summed E-state index contributed by atoms with van der Waals surface area (Å²) in [7, 11) is 0. The first-order chi connectivity index (χ1) is 14.9. The van der Waals surface area contributed by atoms with Crippen molar-refractivity contribution >= 4 is 0 Å². The van der Waals surface area contributed by atoms with Gasteiger partial charge in [-0.25, -0.2) is 0 Å². The Morgan fingerprint density at radius 3 is 2.39 bits per heavy atom. The molecule has 31 heavy (non-hydrogen) atoms. The van der Waals surface area contributed by atoms with Gasteiger partial charge in [0.1, 0.15) is 18.3 Å². The monoisotopic (exact) mass is 434 g/mol. The third-order valence-corrected chi connectivity index (χ3v) is 6.30. The Morgan fingerprint density at radius 2 is 1.71 bits per heavy atom. The fourth-order valence-corrected chi connectivity index (χ4v) is 4.64. The van der Waals surface area contributed by atoms with E-state index < -0.39 is 24.3 Å². The molecule has 5 atom stereocenters. The van der Waals surface area contributed by atoms with Gasteiger partial charge in [-0.1, -0.05) is 58.2 Å². The minimum atomic E-state index is -0.703. The molecule has 1 aromatic carbocycles. The second-order valence-electron chi connectivity index (χ2n) is 9.51. The number of rotatable bonds is 12. The summed E-state index contributed by atoms with van der Waals surface area (Å²) >= 11 is 0. The van der Waals surface area contributed by atoms with Gasteiger partial charge >= 0.3 is 0 Å². The van der Waals surface area contributed by atoms with Crippen LogP contribution in [0.25, 0.3) is 0 Å². The molecule has 0 bridgehead atoms. The van der Waals surface area contributed by atoms with Crippen LogP contribution in [0.3, 0.4) is 0 Å². The molecule has 0 saturated carbocycles. The van der Waals surface area contributed by atoms with Crippen LogP contribution in [0, 0.1) is 0 Å². The molecule has 1 N–H and O–H groups in total. The molecule has 2 fully saturated rings. The maximum absolute atomic E-state index is 10.6. The van der Waals surface area contributed by atoms with Crippen molar-refractivity contribution in [1.29, 1.82) is 0 Å². The molecule has 2 heterocycles. The molecule has 2 aliphatic rings. The standard InChI is InChI=1S/C26H42O5/c1-6-9-12-19-15-14-18(16-20(19)13-10-7-2)17-28-23-22(21(27)11-8-3)29-25-24(23)30-26(4,5)31-25/h14-16,21-25,27H,6-13,17H2,1-5H3/t21-,22-,23+,24-,25-/m1/s1. The minimum absolute atomic E-state index is 0.324. The van der Waals surface area contributed by atoms with E-state index in [1.54, 1.807) is 0 Å². The van der Waals surface area contributed by atoms with E-state index in [1.807, 2.05) is 13.8 Å². The SMILES string of the molecule is CCCCc1ccc(CO[C@@H]2[C@H]3OC(C)(C)O[C@H]3O[C@@H]2[C@H](O)CCC)cc1CCCC. The first-order valence-electron chi connectivity index (χ1n) is 12.3. The molecule has 0 amide bonds. The fraction of sp³-hybridized carbons (Fsp3) is 0.769. The molecule has 0 radical (unpaired) electrons. The van der Waals surface area contributed by atoms with E-state index >= 15 is 0 Å². The second kappa shape index (κ2) is 11.2. The van der Waals surface area contributed by atoms with Crippen LogP contribution in [0.2, 0.25) is 0 Å². The van der Waals surface area contributed by atoms with Crippen LogP contribution in [0.15, 0.2) is 18.2 Å². The normalized spacial score (nSPS) is 28.1. The number of aryl methyl sites for hydroxylation is 2. The Labute approximate surface area is 188 Å². The van der Waals surface area contributed by atoms with E-state index in [0.29, 0.717) is 13.0 Å². The molecule has 5 nitrogen and oxygen atoms in total. The second-order valence-corrected chi connectivity index (χ2v) is 9.51. The van der Waals surface area contributed by atoms with E-state index in [9.17, 15) is 5.11 Å². The molecule has 5 heteroatoms. The summed E-state index contributed by atoms with van der Waals surface area (Å²) in [4.78, 5) is 0. The predicted molar refractivity (Wildman–Crippen MR) is 122 cm³/mol. The van der Waals surface area contributed by atoms with E-state index in [1.165, 1.54) is 36.8 Å². The van der Waals surface area contributed by atoms with Gasteiger partial charge in [-0.2, -0.15) is 0 Å². The van der Waals surface area contributed by atoms with Gasteiger partial charge in [-0.15, -0.1) is 0 Å². The van der Waals surface area contributed by atoms with Crippen LogP contribution in [-0.2, 0) is 38.4 Å². The number of unbranched alkanes of at least 4 members (excludes halogenated alkanes) is 2. The summed E-state index contributed by atoms with van der Waals surface area (Å²) in [6.07, 6.45) is 6.44. The van der Waals surface area contributed by atoms with Crippen LogP contribution >= 0.6 is 0 Å². The molecule has 0 aromatic heterocycles. The van der Waals surface area contributed by atoms with Crippen molar-refractivity contribution in [2.45, 2.75) is 129 Å². The Bertz CT molecular complexity index is 688. The van der Waals surface area contributed by atoms with Gasteiger partial charge in [0.15, 0.2) is 12.1 Å². The van der Waals surface area contributed by atoms with Crippen molar-refractivity contribution in [3.05, 3.63) is 34.9 Å². The van der Waals surface area contributed by atoms with Crippen molar-refractivity contribution in [2.75, 3.05) is 0 Å². The molecular weight excluding hydrogens is 392 g/mol. The fourth-order valence-electron chi connectivity index (χ4n) is 4.64. The third-order valence-electron chi connectivity index (χ3n) is 6.30. The first kappa shape index (κ1) is 24.7. The number of hydrogen-bond acceptors (Lipinski definition) is 5. The van der Waals surface area contributed by atoms with Gasteiger partial charge < -0.3 is 24.1 Å². The summed E-state index contributed by atoms with van der Waals surface area (Å²) in [5.41, 5.74) is 4.08. The molecule has 2 aliphatic heterocycles. The molecule has 3 rings (SSSR count). The predicted octanol–water partition coefficient (Wildman–Crippen LogP) is 5.29. The molecule has 0 unspecified atom stereocenters. The summed E-state index contributed by atoms with van der Waals surface area (Å²) in [5.74, 6) is -0.703. The molecular formula is C26H42O5. The van der Waals surface area contributed by atoms with Crippen LogP contribution in [0.4, 0.5) is 0 Å². The highest BCUT2D eigenvalue weighted by atomic mass is 16.8. The molecule has 176 valence electrons. The van der Waals surface area contributed by atoms with Crippen LogP contribution in [-0.4, -0.2) is 41.6 Å². The zero-order valence-electron chi connectivity index (χ0n) is 20.1. The summed E-state index contributed by atoms with van der Waals surface area (Å²) in [6, 6.07) is 6.76. The smallest absolute Gasteiger partial charge is 0.190 e. The largest absolute Gasteiger partial charge is 0.390 e. The summed E-state index contributed by atoms with van der Waals surface area (Å²) < 4.78 is 24.4. The Kier molecular flexibility index (Phi) is 8.94. The lowest BCUT2D eigenvalue weighted by molar-refractivity contribution is -0.230. The number of hydrogen-bond donors (Lipinski definition) is 1. The average molecular weight is 435 g/mol. The lowest BCUT2D eigenvalue weighted by Crippen LogP contribution is -2.42. The zero-order valence-corrected chi connectivity index (χ0v) is 20.1. The van der Waals surface area contributed by atoms with Crippen molar-refractivity contribution < 1.29 is 24.1 Å². The number of benzene rings is 1. The molecule has 0 spiro atoms. The van der Waals surface area contributed by atoms with E-state index in [2.05, 4.69) is 39.0 Å².